The van der Waals surface area contributed by atoms with Crippen LogP contribution in [0.3, 0.4) is 0 Å². The fourth-order valence-electron chi connectivity index (χ4n) is 3.07. The Morgan fingerprint density at radius 2 is 2.22 bits per heavy atom. The first kappa shape index (κ1) is 17.8. The Morgan fingerprint density at radius 1 is 1.39 bits per heavy atom. The van der Waals surface area contributed by atoms with Gasteiger partial charge in [-0.15, -0.1) is 0 Å². The molecule has 23 heavy (non-hydrogen) atoms. The van der Waals surface area contributed by atoms with Gasteiger partial charge in [0.15, 0.2) is 11.8 Å². The maximum absolute atomic E-state index is 5.26. The van der Waals surface area contributed by atoms with E-state index in [2.05, 4.69) is 46.5 Å². The highest BCUT2D eigenvalue weighted by Crippen LogP contribution is 2.26. The Balaban J connectivity index is 1.74. The van der Waals surface area contributed by atoms with E-state index >= 15 is 0 Å². The number of guanidine groups is 1. The summed E-state index contributed by atoms with van der Waals surface area (Å²) in [4.78, 5) is 8.72. The molecule has 130 valence electrons. The van der Waals surface area contributed by atoms with Gasteiger partial charge in [0.25, 0.3) is 0 Å². The number of aliphatic imine (C=N–C) groups is 1. The van der Waals surface area contributed by atoms with Crippen molar-refractivity contribution in [1.82, 2.24) is 20.8 Å². The molecule has 2 N–H and O–H groups in total. The average Bonchev–Trinajstić information content (AvgIpc) is 3.03. The van der Waals surface area contributed by atoms with Crippen LogP contribution in [0.1, 0.15) is 70.5 Å². The highest BCUT2D eigenvalue weighted by atomic mass is 16.5. The summed E-state index contributed by atoms with van der Waals surface area (Å²) in [6.45, 7) is 7.15. The molecule has 0 aromatic carbocycles. The fourth-order valence-corrected chi connectivity index (χ4v) is 3.07. The molecule has 1 saturated carbocycles. The van der Waals surface area contributed by atoms with Crippen LogP contribution in [0.5, 0.6) is 0 Å². The molecular weight excluding hydrogens is 290 g/mol. The summed E-state index contributed by atoms with van der Waals surface area (Å²) in [5.41, 5.74) is 0. The van der Waals surface area contributed by atoms with Crippen LogP contribution in [0.4, 0.5) is 0 Å². The van der Waals surface area contributed by atoms with Crippen molar-refractivity contribution < 1.29 is 4.52 Å². The molecule has 1 aliphatic rings. The topological polar surface area (TPSA) is 75.3 Å². The average molecular weight is 321 g/mol. The molecule has 0 bridgehead atoms. The second-order valence-electron chi connectivity index (χ2n) is 6.73. The third kappa shape index (κ3) is 5.52. The van der Waals surface area contributed by atoms with Crippen LogP contribution in [-0.4, -0.2) is 35.7 Å². The highest BCUT2D eigenvalue weighted by Gasteiger charge is 2.21. The van der Waals surface area contributed by atoms with Crippen molar-refractivity contribution in [2.24, 2.45) is 10.9 Å². The standard InChI is InChI=1S/C17H31N5O/c1-5-13-7-6-8-14(11-13)20-17(18-4)19-10-9-15-21-16(12(2)3)22-23-15/h12-14H,5-11H2,1-4H3,(H2,18,19,20). The second kappa shape index (κ2) is 8.89. The van der Waals surface area contributed by atoms with Crippen molar-refractivity contribution >= 4 is 5.96 Å². The van der Waals surface area contributed by atoms with Crippen LogP contribution in [0, 0.1) is 5.92 Å². The monoisotopic (exact) mass is 321 g/mol. The Morgan fingerprint density at radius 3 is 2.87 bits per heavy atom. The van der Waals surface area contributed by atoms with E-state index in [4.69, 9.17) is 4.52 Å². The Hall–Kier alpha value is -1.59. The summed E-state index contributed by atoms with van der Waals surface area (Å²) in [5.74, 6) is 3.48. The number of hydrogen-bond acceptors (Lipinski definition) is 4. The lowest BCUT2D eigenvalue weighted by molar-refractivity contribution is 0.298. The molecule has 6 nitrogen and oxygen atoms in total. The van der Waals surface area contributed by atoms with E-state index in [-0.39, 0.29) is 0 Å². The molecule has 0 aliphatic heterocycles. The molecule has 1 aliphatic carbocycles. The molecule has 2 unspecified atom stereocenters. The smallest absolute Gasteiger partial charge is 0.228 e. The van der Waals surface area contributed by atoms with Crippen LogP contribution in [0.15, 0.2) is 9.52 Å². The molecule has 0 amide bonds. The number of nitrogens with zero attached hydrogens (tertiary/aromatic N) is 3. The number of nitrogens with one attached hydrogen (secondary N) is 2. The maximum Gasteiger partial charge on any atom is 0.228 e. The van der Waals surface area contributed by atoms with Crippen LogP contribution < -0.4 is 10.6 Å². The zero-order valence-electron chi connectivity index (χ0n) is 14.9. The zero-order chi connectivity index (χ0) is 16.7. The van der Waals surface area contributed by atoms with Crippen LogP contribution in [0.2, 0.25) is 0 Å². The lowest BCUT2D eigenvalue weighted by Crippen LogP contribution is -2.45. The van der Waals surface area contributed by atoms with Gasteiger partial charge in [0, 0.05) is 32.0 Å². The molecule has 0 spiro atoms. The van der Waals surface area contributed by atoms with Gasteiger partial charge in [-0.2, -0.15) is 4.98 Å². The number of aromatic nitrogens is 2. The summed E-state index contributed by atoms with van der Waals surface area (Å²) >= 11 is 0. The Kier molecular flexibility index (Phi) is 6.86. The molecule has 2 rings (SSSR count). The fraction of sp³-hybridized carbons (Fsp3) is 0.824. The summed E-state index contributed by atoms with van der Waals surface area (Å²) in [6, 6.07) is 0.538. The van der Waals surface area contributed by atoms with E-state index in [1.54, 1.807) is 0 Å². The summed E-state index contributed by atoms with van der Waals surface area (Å²) in [6.07, 6.45) is 7.16. The van der Waals surface area contributed by atoms with Gasteiger partial charge in [-0.3, -0.25) is 4.99 Å². The van der Waals surface area contributed by atoms with Gasteiger partial charge in [-0.1, -0.05) is 45.2 Å². The van der Waals surface area contributed by atoms with Gasteiger partial charge in [0.05, 0.1) is 0 Å². The third-order valence-electron chi connectivity index (χ3n) is 4.56. The quantitative estimate of drug-likeness (QED) is 0.622. The van der Waals surface area contributed by atoms with E-state index in [1.807, 2.05) is 7.05 Å². The Bertz CT molecular complexity index is 497. The molecular formula is C17H31N5O. The van der Waals surface area contributed by atoms with Crippen LogP contribution in [0.25, 0.3) is 0 Å². The Labute approximate surface area is 139 Å². The normalized spacial score (nSPS) is 22.4. The molecule has 6 heteroatoms. The molecule has 0 radical (unpaired) electrons. The van der Waals surface area contributed by atoms with E-state index < -0.39 is 0 Å². The maximum atomic E-state index is 5.26. The molecule has 2 atom stereocenters. The lowest BCUT2D eigenvalue weighted by atomic mass is 9.84. The third-order valence-corrected chi connectivity index (χ3v) is 4.56. The van der Waals surface area contributed by atoms with E-state index in [0.717, 1.165) is 24.2 Å². The van der Waals surface area contributed by atoms with Crippen LogP contribution in [-0.2, 0) is 6.42 Å². The highest BCUT2D eigenvalue weighted by molar-refractivity contribution is 5.79. The molecule has 1 fully saturated rings. The van der Waals surface area contributed by atoms with E-state index in [0.29, 0.717) is 24.3 Å². The van der Waals surface area contributed by atoms with Crippen molar-refractivity contribution in [2.45, 2.75) is 71.3 Å². The minimum absolute atomic E-state index is 0.299. The van der Waals surface area contributed by atoms with Crippen LogP contribution >= 0.6 is 0 Å². The summed E-state index contributed by atoms with van der Waals surface area (Å²) in [7, 11) is 1.82. The predicted octanol–water partition coefficient (Wildman–Crippen LogP) is 2.87. The predicted molar refractivity (Wildman–Crippen MR) is 92.6 cm³/mol. The van der Waals surface area contributed by atoms with Gasteiger partial charge < -0.3 is 15.2 Å². The lowest BCUT2D eigenvalue weighted by Gasteiger charge is -2.30. The number of rotatable bonds is 6. The molecule has 1 heterocycles. The zero-order valence-corrected chi connectivity index (χ0v) is 14.9. The minimum Gasteiger partial charge on any atom is -0.356 e. The molecule has 1 aromatic rings. The SMILES string of the molecule is CCC1CCCC(NC(=NC)NCCc2nc(C(C)C)no2)C1. The number of hydrogen-bond donors (Lipinski definition) is 2. The summed E-state index contributed by atoms with van der Waals surface area (Å²) < 4.78 is 5.26. The van der Waals surface area contributed by atoms with Gasteiger partial charge in [-0.25, -0.2) is 0 Å². The van der Waals surface area contributed by atoms with Gasteiger partial charge in [0.1, 0.15) is 0 Å². The molecule has 1 aromatic heterocycles. The van der Waals surface area contributed by atoms with Crippen molar-refractivity contribution in [1.29, 1.82) is 0 Å². The van der Waals surface area contributed by atoms with E-state index in [1.165, 1.54) is 32.1 Å². The minimum atomic E-state index is 0.299. The van der Waals surface area contributed by atoms with Crippen molar-refractivity contribution in [2.75, 3.05) is 13.6 Å². The first-order chi connectivity index (χ1) is 11.1. The van der Waals surface area contributed by atoms with Crippen molar-refractivity contribution in [3.63, 3.8) is 0 Å². The van der Waals surface area contributed by atoms with Crippen molar-refractivity contribution in [3.8, 4) is 0 Å². The first-order valence-electron chi connectivity index (χ1n) is 8.92. The van der Waals surface area contributed by atoms with E-state index in [9.17, 15) is 0 Å². The second-order valence-corrected chi connectivity index (χ2v) is 6.73. The first-order valence-corrected chi connectivity index (χ1v) is 8.92. The van der Waals surface area contributed by atoms with Gasteiger partial charge >= 0.3 is 0 Å². The van der Waals surface area contributed by atoms with Crippen molar-refractivity contribution in [3.05, 3.63) is 11.7 Å². The summed E-state index contributed by atoms with van der Waals surface area (Å²) in [5, 5.41) is 10.9. The van der Waals surface area contributed by atoms with Gasteiger partial charge in [-0.05, 0) is 18.8 Å². The molecule has 0 saturated heterocycles. The largest absolute Gasteiger partial charge is 0.356 e. The van der Waals surface area contributed by atoms with Gasteiger partial charge in [0.2, 0.25) is 5.89 Å².